The highest BCUT2D eigenvalue weighted by Gasteiger charge is 2.28. The van der Waals surface area contributed by atoms with Gasteiger partial charge in [-0.05, 0) is 44.8 Å². The minimum absolute atomic E-state index is 0.252. The van der Waals surface area contributed by atoms with E-state index >= 15 is 0 Å². The topological polar surface area (TPSA) is 20.3 Å². The Bertz CT molecular complexity index is 385. The zero-order valence-electron chi connectivity index (χ0n) is 11.4. The van der Waals surface area contributed by atoms with Gasteiger partial charge in [0.1, 0.15) is 5.78 Å². The molecule has 2 heteroatoms. The number of ketones is 1. The normalized spacial score (nSPS) is 24.5. The second kappa shape index (κ2) is 6.14. The fraction of sp³-hybridized carbons (Fsp3) is 0.562. The predicted octanol–water partition coefficient (Wildman–Crippen LogP) is 2.78. The van der Waals surface area contributed by atoms with Gasteiger partial charge in [0.05, 0.1) is 0 Å². The van der Waals surface area contributed by atoms with Crippen LogP contribution in [-0.2, 0) is 11.2 Å². The van der Waals surface area contributed by atoms with Gasteiger partial charge >= 0.3 is 0 Å². The van der Waals surface area contributed by atoms with Gasteiger partial charge in [-0.15, -0.1) is 0 Å². The third kappa shape index (κ3) is 3.67. The summed E-state index contributed by atoms with van der Waals surface area (Å²) in [6.45, 7) is 0.907. The van der Waals surface area contributed by atoms with Crippen LogP contribution >= 0.6 is 0 Å². The van der Waals surface area contributed by atoms with Crippen LogP contribution in [0.15, 0.2) is 30.3 Å². The average molecular weight is 245 g/mol. The predicted molar refractivity (Wildman–Crippen MR) is 74.5 cm³/mol. The summed E-state index contributed by atoms with van der Waals surface area (Å²) in [6.07, 6.45) is 4.03. The molecule has 0 N–H and O–H groups in total. The molecular formula is C16H23NO. The third-order valence-electron chi connectivity index (χ3n) is 3.82. The molecule has 1 aromatic carbocycles. The molecule has 2 rings (SSSR count). The zero-order chi connectivity index (χ0) is 13.0. The summed E-state index contributed by atoms with van der Waals surface area (Å²) in [5, 5.41) is 0. The van der Waals surface area contributed by atoms with Crippen LogP contribution in [0.1, 0.15) is 24.8 Å². The maximum absolute atomic E-state index is 11.9. The summed E-state index contributed by atoms with van der Waals surface area (Å²) < 4.78 is 0. The van der Waals surface area contributed by atoms with Gasteiger partial charge in [0, 0.05) is 18.9 Å². The highest BCUT2D eigenvalue weighted by Crippen LogP contribution is 2.29. The van der Waals surface area contributed by atoms with Crippen LogP contribution in [0.4, 0.5) is 0 Å². The lowest BCUT2D eigenvalue weighted by Gasteiger charge is -2.30. The van der Waals surface area contributed by atoms with Gasteiger partial charge in [0.2, 0.25) is 0 Å². The van der Waals surface area contributed by atoms with Crippen LogP contribution in [0.5, 0.6) is 0 Å². The quantitative estimate of drug-likeness (QED) is 0.813. The van der Waals surface area contributed by atoms with Gasteiger partial charge in [-0.3, -0.25) is 4.79 Å². The molecule has 98 valence electrons. The van der Waals surface area contributed by atoms with E-state index in [1.165, 1.54) is 5.56 Å². The Hall–Kier alpha value is -1.15. The molecule has 0 saturated heterocycles. The summed E-state index contributed by atoms with van der Waals surface area (Å²) >= 11 is 0. The van der Waals surface area contributed by atoms with Crippen molar-refractivity contribution < 1.29 is 4.79 Å². The van der Waals surface area contributed by atoms with E-state index < -0.39 is 0 Å². The van der Waals surface area contributed by atoms with E-state index in [0.29, 0.717) is 11.7 Å². The molecule has 0 radical (unpaired) electrons. The number of Topliss-reactive ketones (excluding diaryl/α,β-unsaturated/α-hetero) is 1. The largest absolute Gasteiger partial charge is 0.309 e. The van der Waals surface area contributed by atoms with E-state index in [0.717, 1.165) is 32.2 Å². The van der Waals surface area contributed by atoms with Gasteiger partial charge in [-0.2, -0.15) is 0 Å². The Morgan fingerprint density at radius 3 is 2.61 bits per heavy atom. The first-order valence-corrected chi connectivity index (χ1v) is 6.86. The Balaban J connectivity index is 1.93. The number of carbonyl (C=O) groups excluding carboxylic acids is 1. The van der Waals surface area contributed by atoms with Gasteiger partial charge < -0.3 is 4.90 Å². The molecule has 0 spiro atoms. The van der Waals surface area contributed by atoms with Gasteiger partial charge in [-0.25, -0.2) is 0 Å². The van der Waals surface area contributed by atoms with Gasteiger partial charge in [0.25, 0.3) is 0 Å². The highest BCUT2D eigenvalue weighted by atomic mass is 16.1. The highest BCUT2D eigenvalue weighted by molar-refractivity contribution is 5.82. The first-order chi connectivity index (χ1) is 8.65. The second-order valence-electron chi connectivity index (χ2n) is 5.76. The minimum atomic E-state index is 0.252. The van der Waals surface area contributed by atoms with Crippen molar-refractivity contribution in [2.75, 3.05) is 20.6 Å². The van der Waals surface area contributed by atoms with Crippen LogP contribution in [-0.4, -0.2) is 31.3 Å². The van der Waals surface area contributed by atoms with Crippen LogP contribution in [0.25, 0.3) is 0 Å². The van der Waals surface area contributed by atoms with E-state index in [2.05, 4.69) is 35.2 Å². The molecule has 0 bridgehead atoms. The first kappa shape index (κ1) is 13.3. The van der Waals surface area contributed by atoms with Crippen molar-refractivity contribution in [2.45, 2.75) is 25.7 Å². The molecule has 1 aliphatic carbocycles. The molecule has 1 saturated carbocycles. The van der Waals surface area contributed by atoms with E-state index in [-0.39, 0.29) is 5.92 Å². The molecule has 18 heavy (non-hydrogen) atoms. The Morgan fingerprint density at radius 2 is 1.94 bits per heavy atom. The first-order valence-electron chi connectivity index (χ1n) is 6.86. The lowest BCUT2D eigenvalue weighted by atomic mass is 9.77. The fourth-order valence-electron chi connectivity index (χ4n) is 2.95. The SMILES string of the molecule is CN(C)CC1CC(Cc2ccccc2)CCC1=O. The zero-order valence-corrected chi connectivity index (χ0v) is 11.4. The number of hydrogen-bond acceptors (Lipinski definition) is 2. The summed E-state index contributed by atoms with van der Waals surface area (Å²) in [5.74, 6) is 1.39. The van der Waals surface area contributed by atoms with Crippen molar-refractivity contribution >= 4 is 5.78 Å². The maximum atomic E-state index is 11.9. The van der Waals surface area contributed by atoms with Crippen LogP contribution in [0.3, 0.4) is 0 Å². The van der Waals surface area contributed by atoms with Crippen molar-refractivity contribution in [1.29, 1.82) is 0 Å². The van der Waals surface area contributed by atoms with Gasteiger partial charge in [-0.1, -0.05) is 30.3 Å². The molecule has 1 fully saturated rings. The fourth-order valence-corrected chi connectivity index (χ4v) is 2.95. The molecule has 2 unspecified atom stereocenters. The van der Waals surface area contributed by atoms with Crippen molar-refractivity contribution in [3.63, 3.8) is 0 Å². The van der Waals surface area contributed by atoms with Crippen molar-refractivity contribution in [2.24, 2.45) is 11.8 Å². The monoisotopic (exact) mass is 245 g/mol. The number of hydrogen-bond donors (Lipinski definition) is 0. The Labute approximate surface area is 110 Å². The number of carbonyl (C=O) groups is 1. The van der Waals surface area contributed by atoms with Crippen molar-refractivity contribution in [3.8, 4) is 0 Å². The molecular weight excluding hydrogens is 222 g/mol. The van der Waals surface area contributed by atoms with Crippen molar-refractivity contribution in [1.82, 2.24) is 4.90 Å². The molecule has 2 nitrogen and oxygen atoms in total. The molecule has 0 amide bonds. The maximum Gasteiger partial charge on any atom is 0.137 e. The summed E-state index contributed by atoms with van der Waals surface area (Å²) in [5.41, 5.74) is 1.40. The third-order valence-corrected chi connectivity index (χ3v) is 3.82. The Morgan fingerprint density at radius 1 is 1.22 bits per heavy atom. The molecule has 1 aliphatic rings. The standard InChI is InChI=1S/C16H23NO/c1-17(2)12-15-11-14(8-9-16(15)18)10-13-6-4-3-5-7-13/h3-7,14-15H,8-12H2,1-2H3. The molecule has 0 aromatic heterocycles. The van der Waals surface area contributed by atoms with Crippen LogP contribution in [0, 0.1) is 11.8 Å². The van der Waals surface area contributed by atoms with Crippen LogP contribution in [0.2, 0.25) is 0 Å². The smallest absolute Gasteiger partial charge is 0.137 e. The number of nitrogens with zero attached hydrogens (tertiary/aromatic N) is 1. The summed E-state index contributed by atoms with van der Waals surface area (Å²) in [4.78, 5) is 14.0. The molecule has 0 heterocycles. The molecule has 0 aliphatic heterocycles. The average Bonchev–Trinajstić information content (AvgIpc) is 2.34. The van der Waals surface area contributed by atoms with E-state index in [9.17, 15) is 4.79 Å². The number of benzene rings is 1. The lowest BCUT2D eigenvalue weighted by molar-refractivity contribution is -0.126. The number of rotatable bonds is 4. The second-order valence-corrected chi connectivity index (χ2v) is 5.76. The van der Waals surface area contributed by atoms with Crippen LogP contribution < -0.4 is 0 Å². The van der Waals surface area contributed by atoms with Crippen molar-refractivity contribution in [3.05, 3.63) is 35.9 Å². The Kier molecular flexibility index (Phi) is 4.54. The van der Waals surface area contributed by atoms with Gasteiger partial charge in [0.15, 0.2) is 0 Å². The summed E-state index contributed by atoms with van der Waals surface area (Å²) in [7, 11) is 4.10. The van der Waals surface area contributed by atoms with E-state index in [4.69, 9.17) is 0 Å². The van der Waals surface area contributed by atoms with E-state index in [1.807, 2.05) is 14.1 Å². The summed E-state index contributed by atoms with van der Waals surface area (Å²) in [6, 6.07) is 10.6. The van der Waals surface area contributed by atoms with E-state index in [1.54, 1.807) is 0 Å². The lowest BCUT2D eigenvalue weighted by Crippen LogP contribution is -2.33. The molecule has 2 atom stereocenters. The minimum Gasteiger partial charge on any atom is -0.309 e. The molecule has 1 aromatic rings.